The van der Waals surface area contributed by atoms with Crippen molar-refractivity contribution in [3.63, 3.8) is 0 Å². The van der Waals surface area contributed by atoms with Crippen molar-refractivity contribution < 1.29 is 13.2 Å². The predicted octanol–water partition coefficient (Wildman–Crippen LogP) is 1.74. The molecular formula is C17H18N4O4S. The minimum atomic E-state index is -3.40. The van der Waals surface area contributed by atoms with Crippen molar-refractivity contribution in [2.75, 3.05) is 13.3 Å². The number of nitrogens with one attached hydrogen (secondary N) is 1. The summed E-state index contributed by atoms with van der Waals surface area (Å²) in [5.41, 5.74) is 0.0628. The summed E-state index contributed by atoms with van der Waals surface area (Å²) in [4.78, 5) is 12.2. The Morgan fingerprint density at radius 3 is 2.50 bits per heavy atom. The van der Waals surface area contributed by atoms with Crippen LogP contribution in [0.4, 0.5) is 0 Å². The molecule has 0 radical (unpaired) electrons. The predicted molar refractivity (Wildman–Crippen MR) is 97.0 cm³/mol. The molecule has 1 N–H and O–H groups in total. The molecule has 9 heteroatoms. The maximum Gasteiger partial charge on any atom is 0.347 e. The Bertz CT molecular complexity index is 1060. The van der Waals surface area contributed by atoms with Gasteiger partial charge in [-0.15, -0.1) is 0 Å². The fourth-order valence-corrected chi connectivity index (χ4v) is 2.68. The number of aromatic amines is 1. The van der Waals surface area contributed by atoms with E-state index in [1.165, 1.54) is 11.6 Å². The van der Waals surface area contributed by atoms with Crippen molar-refractivity contribution in [3.05, 3.63) is 70.9 Å². The Morgan fingerprint density at radius 1 is 1.12 bits per heavy atom. The largest absolute Gasteiger partial charge is 0.457 e. The van der Waals surface area contributed by atoms with Crippen molar-refractivity contribution in [3.8, 4) is 17.2 Å². The van der Waals surface area contributed by atoms with Crippen molar-refractivity contribution >= 4 is 10.0 Å². The molecule has 0 aliphatic carbocycles. The molecule has 0 atom stereocenters. The second kappa shape index (κ2) is 7.14. The number of nitrogens with zero attached hydrogens (tertiary/aromatic N) is 3. The zero-order valence-corrected chi connectivity index (χ0v) is 15.1. The lowest BCUT2D eigenvalue weighted by atomic mass is 10.3. The van der Waals surface area contributed by atoms with E-state index in [-0.39, 0.29) is 12.4 Å². The van der Waals surface area contributed by atoms with Crippen LogP contribution in [0.25, 0.3) is 5.69 Å². The van der Waals surface area contributed by atoms with Gasteiger partial charge in [-0.05, 0) is 24.3 Å². The van der Waals surface area contributed by atoms with Crippen LogP contribution in [0, 0.1) is 0 Å². The topological polar surface area (TPSA) is 97.3 Å². The first-order valence-corrected chi connectivity index (χ1v) is 9.60. The second-order valence-corrected chi connectivity index (χ2v) is 7.80. The molecule has 0 spiro atoms. The summed E-state index contributed by atoms with van der Waals surface area (Å²) in [5.74, 6) is 1.49. The molecule has 3 aromatic rings. The maximum absolute atomic E-state index is 12.2. The van der Waals surface area contributed by atoms with Crippen molar-refractivity contribution in [2.45, 2.75) is 6.54 Å². The standard InChI is InChI=1S/C17H18N4O4S/c1-20(26(2,23)24)12-16-18-19-17(22)21(16)13-7-6-10-15(11-13)25-14-8-4-3-5-9-14/h3-11H,12H2,1-2H3,(H,19,22). The number of hydrogen-bond acceptors (Lipinski definition) is 5. The van der Waals surface area contributed by atoms with Crippen molar-refractivity contribution in [2.24, 2.45) is 0 Å². The van der Waals surface area contributed by atoms with E-state index in [4.69, 9.17) is 4.74 Å². The molecule has 0 saturated carbocycles. The number of benzene rings is 2. The van der Waals surface area contributed by atoms with Crippen LogP contribution < -0.4 is 10.4 Å². The summed E-state index contributed by atoms with van der Waals surface area (Å²) in [6.45, 7) is -0.0403. The molecular weight excluding hydrogens is 356 g/mol. The van der Waals surface area contributed by atoms with Gasteiger partial charge >= 0.3 is 5.69 Å². The minimum absolute atomic E-state index is 0.0403. The lowest BCUT2D eigenvalue weighted by Gasteiger charge is -2.14. The Labute approximate surface area is 150 Å². The van der Waals surface area contributed by atoms with Gasteiger partial charge in [0.15, 0.2) is 5.82 Å². The van der Waals surface area contributed by atoms with Crippen LogP contribution in [0.5, 0.6) is 11.5 Å². The number of hydrogen-bond donors (Lipinski definition) is 1. The third-order valence-corrected chi connectivity index (χ3v) is 4.99. The maximum atomic E-state index is 12.2. The number of H-pyrrole nitrogens is 1. The third-order valence-electron chi connectivity index (χ3n) is 3.73. The van der Waals surface area contributed by atoms with Gasteiger partial charge in [0.2, 0.25) is 10.0 Å². The van der Waals surface area contributed by atoms with E-state index in [0.717, 1.165) is 10.6 Å². The average molecular weight is 374 g/mol. The second-order valence-electron chi connectivity index (χ2n) is 5.71. The number of aromatic nitrogens is 3. The van der Waals surface area contributed by atoms with Gasteiger partial charge in [-0.25, -0.2) is 22.9 Å². The van der Waals surface area contributed by atoms with Gasteiger partial charge in [-0.2, -0.15) is 9.40 Å². The van der Waals surface area contributed by atoms with Gasteiger partial charge in [-0.3, -0.25) is 0 Å². The van der Waals surface area contributed by atoms with Crippen LogP contribution in [-0.2, 0) is 16.6 Å². The quantitative estimate of drug-likeness (QED) is 0.709. The van der Waals surface area contributed by atoms with Gasteiger partial charge in [0, 0.05) is 13.1 Å². The van der Waals surface area contributed by atoms with Crippen LogP contribution >= 0.6 is 0 Å². The van der Waals surface area contributed by atoms with E-state index >= 15 is 0 Å². The first-order chi connectivity index (χ1) is 12.3. The molecule has 0 aliphatic heterocycles. The highest BCUT2D eigenvalue weighted by molar-refractivity contribution is 7.88. The van der Waals surface area contributed by atoms with Crippen LogP contribution in [0.3, 0.4) is 0 Å². The number of rotatable bonds is 6. The van der Waals surface area contributed by atoms with E-state index in [2.05, 4.69) is 10.2 Å². The summed E-state index contributed by atoms with van der Waals surface area (Å²) in [6.07, 6.45) is 1.09. The molecule has 1 aromatic heterocycles. The van der Waals surface area contributed by atoms with Crippen LogP contribution in [-0.4, -0.2) is 40.8 Å². The van der Waals surface area contributed by atoms with Crippen LogP contribution in [0.15, 0.2) is 59.4 Å². The lowest BCUT2D eigenvalue weighted by Crippen LogP contribution is -2.27. The first kappa shape index (κ1) is 17.9. The summed E-state index contributed by atoms with van der Waals surface area (Å²) in [5, 5.41) is 6.29. The molecule has 0 amide bonds. The number of para-hydroxylation sites is 1. The highest BCUT2D eigenvalue weighted by Crippen LogP contribution is 2.23. The molecule has 0 saturated heterocycles. The summed E-state index contributed by atoms with van der Waals surface area (Å²) in [7, 11) is -1.98. The molecule has 0 unspecified atom stereocenters. The number of sulfonamides is 1. The molecule has 8 nitrogen and oxygen atoms in total. The van der Waals surface area contributed by atoms with Gasteiger partial charge in [-0.1, -0.05) is 24.3 Å². The monoisotopic (exact) mass is 374 g/mol. The smallest absolute Gasteiger partial charge is 0.347 e. The van der Waals surface area contributed by atoms with Crippen LogP contribution in [0.1, 0.15) is 5.82 Å². The zero-order valence-electron chi connectivity index (χ0n) is 14.3. The Morgan fingerprint density at radius 2 is 1.81 bits per heavy atom. The third kappa shape index (κ3) is 4.01. The molecule has 26 heavy (non-hydrogen) atoms. The molecule has 1 heterocycles. The Balaban J connectivity index is 1.94. The Kier molecular flexibility index (Phi) is 4.92. The molecule has 0 aliphatic rings. The van der Waals surface area contributed by atoms with Gasteiger partial charge < -0.3 is 4.74 Å². The van der Waals surface area contributed by atoms with E-state index in [0.29, 0.717) is 17.2 Å². The summed E-state index contributed by atoms with van der Waals surface area (Å²) >= 11 is 0. The highest BCUT2D eigenvalue weighted by atomic mass is 32.2. The lowest BCUT2D eigenvalue weighted by molar-refractivity contribution is 0.457. The normalized spacial score (nSPS) is 11.7. The first-order valence-electron chi connectivity index (χ1n) is 7.75. The van der Waals surface area contributed by atoms with Gasteiger partial charge in [0.25, 0.3) is 0 Å². The van der Waals surface area contributed by atoms with E-state index in [1.807, 2.05) is 30.3 Å². The van der Waals surface area contributed by atoms with Crippen molar-refractivity contribution in [1.29, 1.82) is 0 Å². The minimum Gasteiger partial charge on any atom is -0.457 e. The fourth-order valence-electron chi connectivity index (χ4n) is 2.33. The molecule has 0 fully saturated rings. The van der Waals surface area contributed by atoms with Gasteiger partial charge in [0.05, 0.1) is 18.5 Å². The molecule has 3 rings (SSSR count). The summed E-state index contributed by atoms with van der Waals surface area (Å²) in [6, 6.07) is 16.2. The molecule has 0 bridgehead atoms. The van der Waals surface area contributed by atoms with Gasteiger partial charge in [0.1, 0.15) is 11.5 Å². The summed E-state index contributed by atoms with van der Waals surface area (Å²) < 4.78 is 31.5. The zero-order chi connectivity index (χ0) is 18.7. The van der Waals surface area contributed by atoms with E-state index in [1.54, 1.807) is 24.3 Å². The number of ether oxygens (including phenoxy) is 1. The molecule has 136 valence electrons. The fraction of sp³-hybridized carbons (Fsp3) is 0.176. The highest BCUT2D eigenvalue weighted by Gasteiger charge is 2.18. The SMILES string of the molecule is CN(Cc1n[nH]c(=O)n1-c1cccc(Oc2ccccc2)c1)S(C)(=O)=O. The molecule has 2 aromatic carbocycles. The van der Waals surface area contributed by atoms with E-state index in [9.17, 15) is 13.2 Å². The Hall–Kier alpha value is -2.91. The van der Waals surface area contributed by atoms with E-state index < -0.39 is 15.7 Å². The average Bonchev–Trinajstić information content (AvgIpc) is 2.95. The van der Waals surface area contributed by atoms with Crippen LogP contribution in [0.2, 0.25) is 0 Å². The van der Waals surface area contributed by atoms with Crippen molar-refractivity contribution in [1.82, 2.24) is 19.1 Å².